The van der Waals surface area contributed by atoms with Crippen molar-refractivity contribution in [1.29, 1.82) is 0 Å². The van der Waals surface area contributed by atoms with Gasteiger partial charge in [0.05, 0.1) is 6.54 Å². The Bertz CT molecular complexity index is 632. The maximum Gasteiger partial charge on any atom is 0.325 e. The maximum atomic E-state index is 12.5. The smallest absolute Gasteiger partial charge is 0.325 e. The summed E-state index contributed by atoms with van der Waals surface area (Å²) in [5.74, 6) is -0.336. The highest BCUT2D eigenvalue weighted by atomic mass is 16.5. The van der Waals surface area contributed by atoms with E-state index in [-0.39, 0.29) is 19.1 Å². The number of benzene rings is 1. The highest BCUT2D eigenvalue weighted by Gasteiger charge is 2.46. The van der Waals surface area contributed by atoms with E-state index in [1.54, 1.807) is 31.2 Å². The molecule has 0 saturated carbocycles. The maximum absolute atomic E-state index is 12.5. The topological polar surface area (TPSA) is 102 Å². The number of hydrogen-bond acceptors (Lipinski definition) is 4. The lowest BCUT2D eigenvalue weighted by Gasteiger charge is -2.20. The Balaban J connectivity index is 2.10. The van der Waals surface area contributed by atoms with E-state index in [0.717, 1.165) is 12.0 Å². The minimum absolute atomic E-state index is 0.151. The molecule has 1 unspecified atom stereocenters. The van der Waals surface area contributed by atoms with Gasteiger partial charge in [0, 0.05) is 0 Å². The van der Waals surface area contributed by atoms with Crippen molar-refractivity contribution in [3.05, 3.63) is 29.8 Å². The summed E-state index contributed by atoms with van der Waals surface area (Å²) >= 11 is 0. The Morgan fingerprint density at radius 2 is 2.13 bits per heavy atom. The van der Waals surface area contributed by atoms with Crippen LogP contribution in [-0.4, -0.2) is 34.9 Å². The first-order chi connectivity index (χ1) is 10.9. The van der Waals surface area contributed by atoms with Gasteiger partial charge in [-0.1, -0.05) is 25.5 Å². The molecule has 23 heavy (non-hydrogen) atoms. The number of amides is 4. The highest BCUT2D eigenvalue weighted by Crippen LogP contribution is 2.25. The molecule has 1 atom stereocenters. The van der Waals surface area contributed by atoms with Crippen molar-refractivity contribution in [2.45, 2.75) is 38.8 Å². The highest BCUT2D eigenvalue weighted by molar-refractivity contribution is 6.06. The fourth-order valence-corrected chi connectivity index (χ4v) is 2.63. The Morgan fingerprint density at radius 1 is 1.39 bits per heavy atom. The molecule has 124 valence electrons. The average molecular weight is 319 g/mol. The van der Waals surface area contributed by atoms with Gasteiger partial charge >= 0.3 is 6.03 Å². The van der Waals surface area contributed by atoms with Crippen LogP contribution in [0.1, 0.15) is 32.3 Å². The second-order valence-electron chi connectivity index (χ2n) is 5.81. The van der Waals surface area contributed by atoms with Gasteiger partial charge in [0.2, 0.25) is 0 Å². The van der Waals surface area contributed by atoms with E-state index in [2.05, 4.69) is 5.32 Å². The molecule has 1 fully saturated rings. The summed E-state index contributed by atoms with van der Waals surface area (Å²) in [6, 6.07) is 6.48. The third-order valence-corrected chi connectivity index (χ3v) is 3.72. The fraction of sp³-hybridized carbons (Fsp3) is 0.438. The summed E-state index contributed by atoms with van der Waals surface area (Å²) < 4.78 is 5.23. The van der Waals surface area contributed by atoms with E-state index >= 15 is 0 Å². The molecule has 4 amide bonds. The number of hydrogen-bond donors (Lipinski definition) is 2. The molecule has 2 rings (SSSR count). The van der Waals surface area contributed by atoms with Crippen LogP contribution in [0.3, 0.4) is 0 Å². The second-order valence-corrected chi connectivity index (χ2v) is 5.81. The van der Waals surface area contributed by atoms with Crippen LogP contribution in [0.15, 0.2) is 24.3 Å². The van der Waals surface area contributed by atoms with Gasteiger partial charge in [-0.25, -0.2) is 4.79 Å². The summed E-state index contributed by atoms with van der Waals surface area (Å²) in [7, 11) is 0. The van der Waals surface area contributed by atoms with Crippen LogP contribution < -0.4 is 15.8 Å². The Morgan fingerprint density at radius 3 is 2.78 bits per heavy atom. The number of imide groups is 1. The number of nitrogens with two attached hydrogens (primary N) is 1. The van der Waals surface area contributed by atoms with Gasteiger partial charge in [0.1, 0.15) is 11.3 Å². The van der Waals surface area contributed by atoms with Crippen LogP contribution in [0.25, 0.3) is 0 Å². The van der Waals surface area contributed by atoms with Crippen LogP contribution >= 0.6 is 0 Å². The molecule has 0 aliphatic carbocycles. The average Bonchev–Trinajstić information content (AvgIpc) is 2.69. The van der Waals surface area contributed by atoms with E-state index in [1.165, 1.54) is 4.90 Å². The Labute approximate surface area is 134 Å². The molecular weight excluding hydrogens is 298 g/mol. The van der Waals surface area contributed by atoms with Crippen LogP contribution in [0.4, 0.5) is 4.79 Å². The summed E-state index contributed by atoms with van der Waals surface area (Å²) in [6.07, 6.45) is 1.39. The summed E-state index contributed by atoms with van der Waals surface area (Å²) in [5.41, 5.74) is 4.93. The zero-order valence-corrected chi connectivity index (χ0v) is 13.3. The third-order valence-electron chi connectivity index (χ3n) is 3.72. The predicted octanol–water partition coefficient (Wildman–Crippen LogP) is 1.16. The number of ether oxygens (including phenoxy) is 1. The molecule has 7 nitrogen and oxygen atoms in total. The first kappa shape index (κ1) is 16.8. The number of nitrogens with one attached hydrogen (secondary N) is 1. The van der Waals surface area contributed by atoms with Crippen LogP contribution in [0.2, 0.25) is 0 Å². The first-order valence-corrected chi connectivity index (χ1v) is 7.50. The minimum atomic E-state index is -0.841. The Kier molecular flexibility index (Phi) is 4.88. The minimum Gasteiger partial charge on any atom is -0.484 e. The quantitative estimate of drug-likeness (QED) is 0.736. The molecule has 1 aliphatic heterocycles. The lowest BCUT2D eigenvalue weighted by Crippen LogP contribution is -2.43. The molecule has 1 saturated heterocycles. The molecule has 3 N–H and O–H groups in total. The van der Waals surface area contributed by atoms with E-state index in [1.807, 2.05) is 6.92 Å². The van der Waals surface area contributed by atoms with Crippen LogP contribution in [-0.2, 0) is 16.1 Å². The second kappa shape index (κ2) is 6.68. The summed E-state index contributed by atoms with van der Waals surface area (Å²) in [5, 5.41) is 2.75. The van der Waals surface area contributed by atoms with E-state index in [0.29, 0.717) is 12.2 Å². The van der Waals surface area contributed by atoms with E-state index in [9.17, 15) is 14.4 Å². The molecular formula is C16H21N3O4. The van der Waals surface area contributed by atoms with Gasteiger partial charge in [-0.3, -0.25) is 14.5 Å². The van der Waals surface area contributed by atoms with Crippen molar-refractivity contribution in [3.63, 3.8) is 0 Å². The van der Waals surface area contributed by atoms with E-state index < -0.39 is 17.5 Å². The van der Waals surface area contributed by atoms with Crippen molar-refractivity contribution in [2.75, 3.05) is 6.61 Å². The lowest BCUT2D eigenvalue weighted by molar-refractivity contribution is -0.131. The van der Waals surface area contributed by atoms with Gasteiger partial charge in [-0.05, 0) is 31.0 Å². The molecule has 7 heteroatoms. The monoisotopic (exact) mass is 319 g/mol. The largest absolute Gasteiger partial charge is 0.484 e. The molecule has 0 aromatic heterocycles. The fourth-order valence-electron chi connectivity index (χ4n) is 2.63. The number of carbonyl (C=O) groups is 3. The van der Waals surface area contributed by atoms with Gasteiger partial charge in [0.25, 0.3) is 11.8 Å². The number of primary amides is 1. The van der Waals surface area contributed by atoms with Gasteiger partial charge in [-0.15, -0.1) is 0 Å². The number of rotatable bonds is 7. The Hall–Kier alpha value is -2.57. The van der Waals surface area contributed by atoms with Crippen molar-refractivity contribution < 1.29 is 19.1 Å². The lowest BCUT2D eigenvalue weighted by atomic mass is 9.96. The third kappa shape index (κ3) is 3.80. The summed E-state index contributed by atoms with van der Waals surface area (Å²) in [6.45, 7) is 3.63. The van der Waals surface area contributed by atoms with Crippen molar-refractivity contribution in [3.8, 4) is 5.75 Å². The van der Waals surface area contributed by atoms with Crippen LogP contribution in [0.5, 0.6) is 5.75 Å². The van der Waals surface area contributed by atoms with Gasteiger partial charge < -0.3 is 15.8 Å². The van der Waals surface area contributed by atoms with Crippen LogP contribution in [0, 0.1) is 0 Å². The molecule has 1 aromatic rings. The zero-order valence-electron chi connectivity index (χ0n) is 13.3. The SMILES string of the molecule is CCCC1(C)NC(=O)N(Cc2cccc(OCC(N)=O)c2)C1=O. The zero-order chi connectivity index (χ0) is 17.0. The van der Waals surface area contributed by atoms with Gasteiger partial charge in [0.15, 0.2) is 6.61 Å². The summed E-state index contributed by atoms with van der Waals surface area (Å²) in [4.78, 5) is 36.5. The predicted molar refractivity (Wildman–Crippen MR) is 83.5 cm³/mol. The number of urea groups is 1. The standard InChI is InChI=1S/C16H21N3O4/c1-3-7-16(2)14(21)19(15(22)18-16)9-11-5-4-6-12(8-11)23-10-13(17)20/h4-6,8H,3,7,9-10H2,1-2H3,(H2,17,20)(H,18,22). The molecule has 0 radical (unpaired) electrons. The molecule has 1 aromatic carbocycles. The number of carbonyl (C=O) groups excluding carboxylic acids is 3. The van der Waals surface area contributed by atoms with Crippen molar-refractivity contribution in [2.24, 2.45) is 5.73 Å². The van der Waals surface area contributed by atoms with Gasteiger partial charge in [-0.2, -0.15) is 0 Å². The molecule has 0 bridgehead atoms. The molecule has 1 heterocycles. The number of nitrogens with zero attached hydrogens (tertiary/aromatic N) is 1. The van der Waals surface area contributed by atoms with Crippen molar-refractivity contribution >= 4 is 17.8 Å². The first-order valence-electron chi connectivity index (χ1n) is 7.50. The van der Waals surface area contributed by atoms with E-state index in [4.69, 9.17) is 10.5 Å². The molecule has 0 spiro atoms. The molecule has 1 aliphatic rings. The van der Waals surface area contributed by atoms with Crippen molar-refractivity contribution in [1.82, 2.24) is 10.2 Å². The normalized spacial score (nSPS) is 20.5.